The summed E-state index contributed by atoms with van der Waals surface area (Å²) < 4.78 is 14.1. The maximum absolute atomic E-state index is 13.6. The highest BCUT2D eigenvalue weighted by atomic mass is 79.9. The lowest BCUT2D eigenvalue weighted by atomic mass is 10.2. The summed E-state index contributed by atoms with van der Waals surface area (Å²) in [5, 5.41) is 9.50. The van der Waals surface area contributed by atoms with Gasteiger partial charge < -0.3 is 5.11 Å². The van der Waals surface area contributed by atoms with Gasteiger partial charge in [0.25, 0.3) is 11.8 Å². The number of hydrogen-bond donors (Lipinski definition) is 3. The van der Waals surface area contributed by atoms with Crippen LogP contribution in [0.5, 0.6) is 5.75 Å². The van der Waals surface area contributed by atoms with Crippen LogP contribution in [0.25, 0.3) is 0 Å². The van der Waals surface area contributed by atoms with Gasteiger partial charge in [0.2, 0.25) is 0 Å². The standard InChI is InChI=1S/C14H10BrFN2O3/c15-8-5-6-9(11(16)7-8)13(20)17-18-14(21)10-3-1-2-4-12(10)19/h1-7,19H,(H,17,20)(H,18,21). The number of hydrogen-bond acceptors (Lipinski definition) is 3. The minimum absolute atomic E-state index is 0.00548. The van der Waals surface area contributed by atoms with Crippen LogP contribution in [0.1, 0.15) is 20.7 Å². The van der Waals surface area contributed by atoms with E-state index in [1.807, 2.05) is 0 Å². The first-order chi connectivity index (χ1) is 9.99. The van der Waals surface area contributed by atoms with Gasteiger partial charge in [-0.05, 0) is 30.3 Å². The molecule has 0 radical (unpaired) electrons. The zero-order chi connectivity index (χ0) is 15.4. The van der Waals surface area contributed by atoms with Crippen LogP contribution >= 0.6 is 15.9 Å². The van der Waals surface area contributed by atoms with E-state index >= 15 is 0 Å². The first-order valence-electron chi connectivity index (χ1n) is 5.83. The molecule has 0 fully saturated rings. The van der Waals surface area contributed by atoms with Crippen molar-refractivity contribution in [2.75, 3.05) is 0 Å². The van der Waals surface area contributed by atoms with E-state index in [2.05, 4.69) is 26.8 Å². The molecular formula is C14H10BrFN2O3. The minimum Gasteiger partial charge on any atom is -0.507 e. The predicted octanol–water partition coefficient (Wildman–Crippen LogP) is 2.37. The third-order valence-electron chi connectivity index (χ3n) is 2.61. The summed E-state index contributed by atoms with van der Waals surface area (Å²) in [6.07, 6.45) is 0. The van der Waals surface area contributed by atoms with Crippen LogP contribution in [0.4, 0.5) is 4.39 Å². The van der Waals surface area contributed by atoms with Crippen molar-refractivity contribution in [2.24, 2.45) is 0 Å². The molecule has 2 amide bonds. The van der Waals surface area contributed by atoms with Gasteiger partial charge >= 0.3 is 0 Å². The van der Waals surface area contributed by atoms with E-state index in [-0.39, 0.29) is 16.9 Å². The van der Waals surface area contributed by atoms with Crippen molar-refractivity contribution in [3.8, 4) is 5.75 Å². The van der Waals surface area contributed by atoms with E-state index in [1.54, 1.807) is 12.1 Å². The van der Waals surface area contributed by atoms with Crippen LogP contribution in [0.3, 0.4) is 0 Å². The highest BCUT2D eigenvalue weighted by Crippen LogP contribution is 2.16. The van der Waals surface area contributed by atoms with Crippen molar-refractivity contribution >= 4 is 27.7 Å². The monoisotopic (exact) mass is 352 g/mol. The zero-order valence-corrected chi connectivity index (χ0v) is 12.1. The van der Waals surface area contributed by atoms with E-state index < -0.39 is 17.6 Å². The second kappa shape index (κ2) is 6.36. The Morgan fingerprint density at radius 3 is 2.24 bits per heavy atom. The van der Waals surface area contributed by atoms with Crippen molar-refractivity contribution in [2.45, 2.75) is 0 Å². The second-order valence-electron chi connectivity index (χ2n) is 4.05. The molecule has 0 spiro atoms. The quantitative estimate of drug-likeness (QED) is 0.726. The number of hydrazine groups is 1. The molecule has 0 aliphatic carbocycles. The topological polar surface area (TPSA) is 78.4 Å². The van der Waals surface area contributed by atoms with Crippen molar-refractivity contribution in [3.63, 3.8) is 0 Å². The van der Waals surface area contributed by atoms with E-state index in [0.717, 1.165) is 6.07 Å². The fraction of sp³-hybridized carbons (Fsp3) is 0. The van der Waals surface area contributed by atoms with E-state index in [0.29, 0.717) is 4.47 Å². The average molecular weight is 353 g/mol. The Hall–Kier alpha value is -2.41. The van der Waals surface area contributed by atoms with Crippen molar-refractivity contribution in [1.82, 2.24) is 10.9 Å². The maximum Gasteiger partial charge on any atom is 0.273 e. The number of phenolic OH excluding ortho intramolecular Hbond substituents is 1. The highest BCUT2D eigenvalue weighted by molar-refractivity contribution is 9.10. The molecule has 0 saturated heterocycles. The Labute approximate surface area is 127 Å². The number of amides is 2. The molecule has 2 rings (SSSR count). The molecule has 0 saturated carbocycles. The van der Waals surface area contributed by atoms with Gasteiger partial charge in [-0.25, -0.2) is 4.39 Å². The maximum atomic E-state index is 13.6. The van der Waals surface area contributed by atoms with Crippen LogP contribution in [-0.4, -0.2) is 16.9 Å². The number of halogens is 2. The molecule has 108 valence electrons. The molecule has 0 heterocycles. The number of benzene rings is 2. The summed E-state index contributed by atoms with van der Waals surface area (Å²) in [7, 11) is 0. The minimum atomic E-state index is -0.802. The van der Waals surface area contributed by atoms with Gasteiger partial charge in [-0.1, -0.05) is 28.1 Å². The number of carbonyl (C=O) groups is 2. The van der Waals surface area contributed by atoms with Crippen molar-refractivity contribution in [3.05, 3.63) is 63.9 Å². The van der Waals surface area contributed by atoms with Crippen LogP contribution in [0.15, 0.2) is 46.9 Å². The lowest BCUT2D eigenvalue weighted by Gasteiger charge is -2.09. The number of rotatable bonds is 2. The van der Waals surface area contributed by atoms with Crippen molar-refractivity contribution < 1.29 is 19.1 Å². The predicted molar refractivity (Wildman–Crippen MR) is 77.1 cm³/mol. The zero-order valence-electron chi connectivity index (χ0n) is 10.6. The summed E-state index contributed by atoms with van der Waals surface area (Å²) in [5.74, 6) is -2.46. The first kappa shape index (κ1) is 15.0. The summed E-state index contributed by atoms with van der Waals surface area (Å²) in [4.78, 5) is 23.5. The fourth-order valence-electron chi connectivity index (χ4n) is 1.59. The van der Waals surface area contributed by atoms with Gasteiger partial charge in [0.05, 0.1) is 11.1 Å². The smallest absolute Gasteiger partial charge is 0.273 e. The molecule has 7 heteroatoms. The highest BCUT2D eigenvalue weighted by Gasteiger charge is 2.14. The molecule has 2 aromatic rings. The van der Waals surface area contributed by atoms with Crippen LogP contribution in [0.2, 0.25) is 0 Å². The number of aromatic hydroxyl groups is 1. The Morgan fingerprint density at radius 2 is 1.62 bits per heavy atom. The summed E-state index contributed by atoms with van der Waals surface area (Å²) >= 11 is 3.08. The van der Waals surface area contributed by atoms with Gasteiger partial charge in [-0.2, -0.15) is 0 Å². The Bertz CT molecular complexity index is 706. The molecule has 3 N–H and O–H groups in total. The van der Waals surface area contributed by atoms with Gasteiger partial charge in [0, 0.05) is 4.47 Å². The molecule has 2 aromatic carbocycles. The second-order valence-corrected chi connectivity index (χ2v) is 4.97. The SMILES string of the molecule is O=C(NNC(=O)c1ccc(Br)cc1F)c1ccccc1O. The largest absolute Gasteiger partial charge is 0.507 e. The number of phenols is 1. The lowest BCUT2D eigenvalue weighted by molar-refractivity contribution is 0.0842. The summed E-state index contributed by atoms with van der Waals surface area (Å²) in [6.45, 7) is 0. The molecule has 0 aromatic heterocycles. The molecule has 0 bridgehead atoms. The van der Waals surface area contributed by atoms with E-state index in [4.69, 9.17) is 0 Å². The molecular weight excluding hydrogens is 343 g/mol. The van der Waals surface area contributed by atoms with E-state index in [1.165, 1.54) is 24.3 Å². The van der Waals surface area contributed by atoms with Gasteiger partial charge in [0.15, 0.2) is 0 Å². The third kappa shape index (κ3) is 3.57. The Kier molecular flexibility index (Phi) is 4.54. The van der Waals surface area contributed by atoms with Crippen LogP contribution in [-0.2, 0) is 0 Å². The third-order valence-corrected chi connectivity index (χ3v) is 3.11. The fourth-order valence-corrected chi connectivity index (χ4v) is 1.92. The van der Waals surface area contributed by atoms with Crippen LogP contribution < -0.4 is 10.9 Å². The Morgan fingerprint density at radius 1 is 1.00 bits per heavy atom. The lowest BCUT2D eigenvalue weighted by Crippen LogP contribution is -2.41. The summed E-state index contributed by atoms with van der Waals surface area (Å²) in [5.41, 5.74) is 3.97. The Balaban J connectivity index is 2.04. The summed E-state index contributed by atoms with van der Waals surface area (Å²) in [6, 6.07) is 9.76. The average Bonchev–Trinajstić information content (AvgIpc) is 2.45. The van der Waals surface area contributed by atoms with Crippen molar-refractivity contribution in [1.29, 1.82) is 0 Å². The normalized spacial score (nSPS) is 10.0. The van der Waals surface area contributed by atoms with Gasteiger partial charge in [0.1, 0.15) is 11.6 Å². The number of nitrogens with one attached hydrogen (secondary N) is 2. The molecule has 0 aliphatic rings. The molecule has 21 heavy (non-hydrogen) atoms. The molecule has 5 nitrogen and oxygen atoms in total. The number of carbonyl (C=O) groups excluding carboxylic acids is 2. The molecule has 0 aliphatic heterocycles. The first-order valence-corrected chi connectivity index (χ1v) is 6.62. The molecule has 0 atom stereocenters. The van der Waals surface area contributed by atoms with E-state index in [9.17, 15) is 19.1 Å². The molecule has 0 unspecified atom stereocenters. The van der Waals surface area contributed by atoms with Gasteiger partial charge in [-0.3, -0.25) is 20.4 Å². The van der Waals surface area contributed by atoms with Gasteiger partial charge in [-0.15, -0.1) is 0 Å². The number of para-hydroxylation sites is 1. The van der Waals surface area contributed by atoms with Crippen LogP contribution in [0, 0.1) is 5.82 Å².